The second-order valence-corrected chi connectivity index (χ2v) is 6.71. The first kappa shape index (κ1) is 17.6. The molecule has 1 aliphatic rings. The van der Waals surface area contributed by atoms with Gasteiger partial charge in [0.1, 0.15) is 0 Å². The molecular formula is C18H28N2O3. The number of carbonyl (C=O) groups is 1. The van der Waals surface area contributed by atoms with E-state index >= 15 is 0 Å². The fourth-order valence-electron chi connectivity index (χ4n) is 2.89. The predicted molar refractivity (Wildman–Crippen MR) is 91.2 cm³/mol. The third kappa shape index (κ3) is 4.38. The standard InChI is InChI=1S/C18H28N2O3/c1-18(2,12-20-17(21)13-6-5-9-19-11-13)14-7-8-15(22-3)16(10-14)23-4/h7-8,10,13,19H,5-6,9,11-12H2,1-4H3,(H,20,21). The van der Waals surface area contributed by atoms with Gasteiger partial charge < -0.3 is 20.1 Å². The number of piperidine rings is 1. The first-order chi connectivity index (χ1) is 11.0. The van der Waals surface area contributed by atoms with E-state index < -0.39 is 0 Å². The molecule has 1 aromatic carbocycles. The summed E-state index contributed by atoms with van der Waals surface area (Å²) in [5.41, 5.74) is 0.925. The SMILES string of the molecule is COc1ccc(C(C)(C)CNC(=O)C2CCCNC2)cc1OC. The Bertz CT molecular complexity index is 537. The molecule has 0 radical (unpaired) electrons. The van der Waals surface area contributed by atoms with Gasteiger partial charge in [-0.2, -0.15) is 0 Å². The van der Waals surface area contributed by atoms with Crippen molar-refractivity contribution in [1.82, 2.24) is 10.6 Å². The lowest BCUT2D eigenvalue weighted by Crippen LogP contribution is -2.44. The van der Waals surface area contributed by atoms with E-state index in [1.165, 1.54) is 0 Å². The summed E-state index contributed by atoms with van der Waals surface area (Å²) in [4.78, 5) is 12.3. The summed E-state index contributed by atoms with van der Waals surface area (Å²) in [7, 11) is 3.26. The lowest BCUT2D eigenvalue weighted by atomic mass is 9.84. The van der Waals surface area contributed by atoms with E-state index in [1.54, 1.807) is 14.2 Å². The highest BCUT2D eigenvalue weighted by Crippen LogP contribution is 2.32. The maximum absolute atomic E-state index is 12.3. The zero-order valence-electron chi connectivity index (χ0n) is 14.6. The smallest absolute Gasteiger partial charge is 0.224 e. The van der Waals surface area contributed by atoms with E-state index in [0.717, 1.165) is 31.5 Å². The second-order valence-electron chi connectivity index (χ2n) is 6.71. The monoisotopic (exact) mass is 320 g/mol. The van der Waals surface area contributed by atoms with Gasteiger partial charge in [-0.3, -0.25) is 4.79 Å². The number of hydrogen-bond donors (Lipinski definition) is 2. The Kier molecular flexibility index (Phi) is 5.88. The van der Waals surface area contributed by atoms with Gasteiger partial charge in [0.05, 0.1) is 20.1 Å². The van der Waals surface area contributed by atoms with Crippen LogP contribution in [0.25, 0.3) is 0 Å². The highest BCUT2D eigenvalue weighted by atomic mass is 16.5. The summed E-state index contributed by atoms with van der Waals surface area (Å²) in [5, 5.41) is 6.39. The van der Waals surface area contributed by atoms with Crippen LogP contribution < -0.4 is 20.1 Å². The second kappa shape index (κ2) is 7.68. The summed E-state index contributed by atoms with van der Waals surface area (Å²) >= 11 is 0. The number of hydrogen-bond acceptors (Lipinski definition) is 4. The molecule has 5 nitrogen and oxygen atoms in total. The summed E-state index contributed by atoms with van der Waals surface area (Å²) < 4.78 is 10.7. The molecule has 2 rings (SSSR count). The van der Waals surface area contributed by atoms with E-state index in [1.807, 2.05) is 18.2 Å². The number of nitrogens with one attached hydrogen (secondary N) is 2. The Morgan fingerprint density at radius 2 is 2.04 bits per heavy atom. The molecule has 0 saturated carbocycles. The van der Waals surface area contributed by atoms with Crippen LogP contribution in [0.2, 0.25) is 0 Å². The number of amides is 1. The van der Waals surface area contributed by atoms with Crippen molar-refractivity contribution in [3.05, 3.63) is 23.8 Å². The maximum atomic E-state index is 12.3. The average molecular weight is 320 g/mol. The molecule has 0 aliphatic carbocycles. The van der Waals surface area contributed by atoms with E-state index in [4.69, 9.17) is 9.47 Å². The lowest BCUT2D eigenvalue weighted by Gasteiger charge is -2.28. The van der Waals surface area contributed by atoms with Gasteiger partial charge in [0.2, 0.25) is 5.91 Å². The van der Waals surface area contributed by atoms with Crippen molar-refractivity contribution in [3.63, 3.8) is 0 Å². The molecule has 0 spiro atoms. The van der Waals surface area contributed by atoms with Crippen LogP contribution in [0.3, 0.4) is 0 Å². The molecule has 1 aromatic rings. The molecule has 5 heteroatoms. The number of ether oxygens (including phenoxy) is 2. The van der Waals surface area contributed by atoms with Gasteiger partial charge in [0.15, 0.2) is 11.5 Å². The molecule has 2 N–H and O–H groups in total. The molecule has 0 aromatic heterocycles. The van der Waals surface area contributed by atoms with Gasteiger partial charge >= 0.3 is 0 Å². The molecule has 1 amide bonds. The molecule has 1 atom stereocenters. The van der Waals surface area contributed by atoms with E-state index in [0.29, 0.717) is 18.0 Å². The minimum absolute atomic E-state index is 0.0879. The minimum atomic E-state index is -0.183. The van der Waals surface area contributed by atoms with Crippen LogP contribution in [-0.2, 0) is 10.2 Å². The number of benzene rings is 1. The van der Waals surface area contributed by atoms with Crippen molar-refractivity contribution in [2.75, 3.05) is 33.9 Å². The highest BCUT2D eigenvalue weighted by molar-refractivity contribution is 5.79. The van der Waals surface area contributed by atoms with E-state index in [-0.39, 0.29) is 17.2 Å². The minimum Gasteiger partial charge on any atom is -0.493 e. The van der Waals surface area contributed by atoms with Crippen LogP contribution in [0, 0.1) is 5.92 Å². The number of methoxy groups -OCH3 is 2. The quantitative estimate of drug-likeness (QED) is 0.843. The van der Waals surface area contributed by atoms with Crippen molar-refractivity contribution >= 4 is 5.91 Å². The number of carbonyl (C=O) groups excluding carboxylic acids is 1. The zero-order chi connectivity index (χ0) is 16.9. The van der Waals surface area contributed by atoms with Crippen molar-refractivity contribution in [1.29, 1.82) is 0 Å². The van der Waals surface area contributed by atoms with E-state index in [9.17, 15) is 4.79 Å². The van der Waals surface area contributed by atoms with Crippen molar-refractivity contribution < 1.29 is 14.3 Å². The number of rotatable bonds is 6. The van der Waals surface area contributed by atoms with Crippen LogP contribution in [0.4, 0.5) is 0 Å². The van der Waals surface area contributed by atoms with Gasteiger partial charge in [-0.05, 0) is 37.1 Å². The first-order valence-corrected chi connectivity index (χ1v) is 8.19. The Hall–Kier alpha value is -1.75. The molecule has 128 valence electrons. The molecule has 1 saturated heterocycles. The fourth-order valence-corrected chi connectivity index (χ4v) is 2.89. The van der Waals surface area contributed by atoms with Crippen LogP contribution in [0.1, 0.15) is 32.3 Å². The van der Waals surface area contributed by atoms with Gasteiger partial charge in [-0.15, -0.1) is 0 Å². The molecule has 1 aliphatic heterocycles. The summed E-state index contributed by atoms with van der Waals surface area (Å²) in [6, 6.07) is 5.91. The van der Waals surface area contributed by atoms with Crippen LogP contribution in [0.15, 0.2) is 18.2 Å². The van der Waals surface area contributed by atoms with Crippen LogP contribution >= 0.6 is 0 Å². The average Bonchev–Trinajstić information content (AvgIpc) is 2.59. The summed E-state index contributed by atoms with van der Waals surface area (Å²) in [5.74, 6) is 1.65. The van der Waals surface area contributed by atoms with Crippen molar-refractivity contribution in [3.8, 4) is 11.5 Å². The topological polar surface area (TPSA) is 59.6 Å². The van der Waals surface area contributed by atoms with Crippen LogP contribution in [0.5, 0.6) is 11.5 Å². The van der Waals surface area contributed by atoms with Gasteiger partial charge in [0, 0.05) is 18.5 Å². The highest BCUT2D eigenvalue weighted by Gasteiger charge is 2.26. The fraction of sp³-hybridized carbons (Fsp3) is 0.611. The normalized spacial score (nSPS) is 18.3. The Labute approximate surface area is 138 Å². The van der Waals surface area contributed by atoms with Crippen molar-refractivity contribution in [2.45, 2.75) is 32.1 Å². The van der Waals surface area contributed by atoms with Gasteiger partial charge in [-0.1, -0.05) is 19.9 Å². The first-order valence-electron chi connectivity index (χ1n) is 8.19. The Morgan fingerprint density at radius 3 is 2.65 bits per heavy atom. The maximum Gasteiger partial charge on any atom is 0.224 e. The molecule has 1 unspecified atom stereocenters. The third-order valence-corrected chi connectivity index (χ3v) is 4.54. The molecule has 1 heterocycles. The summed E-state index contributed by atoms with van der Waals surface area (Å²) in [6.07, 6.45) is 2.03. The van der Waals surface area contributed by atoms with Crippen molar-refractivity contribution in [2.24, 2.45) is 5.92 Å². The Balaban J connectivity index is 2.01. The van der Waals surface area contributed by atoms with Crippen LogP contribution in [-0.4, -0.2) is 39.8 Å². The summed E-state index contributed by atoms with van der Waals surface area (Å²) in [6.45, 7) is 6.63. The Morgan fingerprint density at radius 1 is 1.30 bits per heavy atom. The largest absolute Gasteiger partial charge is 0.493 e. The van der Waals surface area contributed by atoms with Gasteiger partial charge in [0.25, 0.3) is 0 Å². The molecule has 0 bridgehead atoms. The zero-order valence-corrected chi connectivity index (χ0v) is 14.6. The third-order valence-electron chi connectivity index (χ3n) is 4.54. The molecular weight excluding hydrogens is 292 g/mol. The molecule has 23 heavy (non-hydrogen) atoms. The predicted octanol–water partition coefficient (Wildman–Crippen LogP) is 2.10. The van der Waals surface area contributed by atoms with E-state index in [2.05, 4.69) is 24.5 Å². The molecule has 1 fully saturated rings. The lowest BCUT2D eigenvalue weighted by molar-refractivity contribution is -0.125. The van der Waals surface area contributed by atoms with Gasteiger partial charge in [-0.25, -0.2) is 0 Å².